The van der Waals surface area contributed by atoms with E-state index in [9.17, 15) is 0 Å². The molecule has 0 spiro atoms. The predicted octanol–water partition coefficient (Wildman–Crippen LogP) is 6.45. The second-order valence-corrected chi connectivity index (χ2v) is 8.56. The molecule has 0 aromatic carbocycles. The van der Waals surface area contributed by atoms with E-state index in [0.29, 0.717) is 10.8 Å². The van der Waals surface area contributed by atoms with Gasteiger partial charge in [0.25, 0.3) is 0 Å². The minimum absolute atomic E-state index is 0.610. The highest BCUT2D eigenvalue weighted by Crippen LogP contribution is 2.53. The topological polar surface area (TPSA) is 0 Å². The van der Waals surface area contributed by atoms with E-state index in [1.807, 2.05) is 0 Å². The summed E-state index contributed by atoms with van der Waals surface area (Å²) in [5.41, 5.74) is 1.23. The molecule has 2 rings (SSSR count). The molecule has 19 heavy (non-hydrogen) atoms. The average molecular weight is 264 g/mol. The van der Waals surface area contributed by atoms with Crippen LogP contribution < -0.4 is 0 Å². The van der Waals surface area contributed by atoms with E-state index in [1.165, 1.54) is 57.8 Å². The van der Waals surface area contributed by atoms with Crippen LogP contribution in [0.2, 0.25) is 0 Å². The smallest absolute Gasteiger partial charge is 0.0274 e. The van der Waals surface area contributed by atoms with Crippen molar-refractivity contribution < 1.29 is 0 Å². The van der Waals surface area contributed by atoms with E-state index in [1.54, 1.807) is 0 Å². The molecule has 2 aliphatic carbocycles. The van der Waals surface area contributed by atoms with Gasteiger partial charge >= 0.3 is 0 Å². The van der Waals surface area contributed by atoms with Gasteiger partial charge in [-0.1, -0.05) is 73.1 Å². The highest BCUT2D eigenvalue weighted by atomic mass is 14.5. The van der Waals surface area contributed by atoms with Crippen molar-refractivity contribution >= 4 is 0 Å². The second-order valence-electron chi connectivity index (χ2n) is 8.56. The van der Waals surface area contributed by atoms with Crippen LogP contribution in [-0.4, -0.2) is 0 Å². The standard InChI is InChI=1S/C19H36/c1-15-10-6-8-12-18(15,4)14-17(3)19(5)13-9-7-11-16(19)2/h15-17H,6-14H2,1-5H3. The van der Waals surface area contributed by atoms with Gasteiger partial charge in [0.05, 0.1) is 0 Å². The SMILES string of the molecule is CC1CCCCC1(C)CC(C)C1(C)CCCCC1C. The Labute approximate surface area is 121 Å². The van der Waals surface area contributed by atoms with E-state index in [2.05, 4.69) is 34.6 Å². The van der Waals surface area contributed by atoms with Crippen LogP contribution in [0.4, 0.5) is 0 Å². The molecule has 0 saturated heterocycles. The van der Waals surface area contributed by atoms with Gasteiger partial charge in [-0.2, -0.15) is 0 Å². The largest absolute Gasteiger partial charge is 0.0620 e. The Morgan fingerprint density at radius 1 is 0.895 bits per heavy atom. The lowest BCUT2D eigenvalue weighted by molar-refractivity contribution is 0.00705. The van der Waals surface area contributed by atoms with Crippen LogP contribution >= 0.6 is 0 Å². The van der Waals surface area contributed by atoms with Gasteiger partial charge in [-0.25, -0.2) is 0 Å². The van der Waals surface area contributed by atoms with E-state index in [0.717, 1.165) is 17.8 Å². The first-order chi connectivity index (χ1) is 8.88. The summed E-state index contributed by atoms with van der Waals surface area (Å²) >= 11 is 0. The summed E-state index contributed by atoms with van der Waals surface area (Å²) in [6.07, 6.45) is 13.2. The first kappa shape index (κ1) is 15.4. The zero-order valence-electron chi connectivity index (χ0n) is 14.1. The van der Waals surface area contributed by atoms with Crippen molar-refractivity contribution in [2.45, 2.75) is 92.4 Å². The lowest BCUT2D eigenvalue weighted by Gasteiger charge is -2.49. The third-order valence-corrected chi connectivity index (χ3v) is 7.45. The zero-order valence-corrected chi connectivity index (χ0v) is 14.1. The summed E-state index contributed by atoms with van der Waals surface area (Å²) in [5.74, 6) is 2.76. The van der Waals surface area contributed by atoms with Crippen LogP contribution in [0.3, 0.4) is 0 Å². The Kier molecular flexibility index (Phi) is 4.68. The maximum absolute atomic E-state index is 2.60. The van der Waals surface area contributed by atoms with E-state index < -0.39 is 0 Å². The van der Waals surface area contributed by atoms with Crippen molar-refractivity contribution in [2.75, 3.05) is 0 Å². The molecule has 5 atom stereocenters. The predicted molar refractivity (Wildman–Crippen MR) is 85.3 cm³/mol. The van der Waals surface area contributed by atoms with Crippen molar-refractivity contribution in [3.63, 3.8) is 0 Å². The van der Waals surface area contributed by atoms with Gasteiger partial charge in [0.1, 0.15) is 0 Å². The molecular weight excluding hydrogens is 228 g/mol. The van der Waals surface area contributed by atoms with Gasteiger partial charge in [0.2, 0.25) is 0 Å². The summed E-state index contributed by atoms with van der Waals surface area (Å²) in [5, 5.41) is 0. The molecule has 0 heteroatoms. The summed E-state index contributed by atoms with van der Waals surface area (Å²) in [7, 11) is 0. The molecule has 0 radical (unpaired) electrons. The minimum atomic E-state index is 0.610. The highest BCUT2D eigenvalue weighted by molar-refractivity contribution is 4.93. The summed E-state index contributed by atoms with van der Waals surface area (Å²) in [6, 6.07) is 0. The quantitative estimate of drug-likeness (QED) is 0.550. The first-order valence-corrected chi connectivity index (χ1v) is 8.88. The minimum Gasteiger partial charge on any atom is -0.0620 e. The van der Waals surface area contributed by atoms with E-state index >= 15 is 0 Å². The van der Waals surface area contributed by atoms with Gasteiger partial charge in [0, 0.05) is 0 Å². The van der Waals surface area contributed by atoms with Crippen molar-refractivity contribution in [3.05, 3.63) is 0 Å². The Bertz CT molecular complexity index is 294. The third kappa shape index (κ3) is 3.03. The van der Waals surface area contributed by atoms with Crippen molar-refractivity contribution in [1.82, 2.24) is 0 Å². The Balaban J connectivity index is 2.04. The zero-order chi connectivity index (χ0) is 14.1. The molecule has 0 heterocycles. The maximum atomic E-state index is 2.60. The van der Waals surface area contributed by atoms with Gasteiger partial charge in [-0.3, -0.25) is 0 Å². The molecule has 0 bridgehead atoms. The molecule has 0 aromatic rings. The maximum Gasteiger partial charge on any atom is -0.0274 e. The van der Waals surface area contributed by atoms with Crippen LogP contribution in [0.25, 0.3) is 0 Å². The summed E-state index contributed by atoms with van der Waals surface area (Å²) < 4.78 is 0. The van der Waals surface area contributed by atoms with Crippen molar-refractivity contribution in [1.29, 1.82) is 0 Å². The number of rotatable bonds is 3. The van der Waals surface area contributed by atoms with Gasteiger partial charge in [0.15, 0.2) is 0 Å². The Morgan fingerprint density at radius 3 is 2.05 bits per heavy atom. The fraction of sp³-hybridized carbons (Fsp3) is 1.00. The van der Waals surface area contributed by atoms with Crippen LogP contribution in [0.15, 0.2) is 0 Å². The van der Waals surface area contributed by atoms with Crippen LogP contribution in [0, 0.1) is 28.6 Å². The first-order valence-electron chi connectivity index (χ1n) is 8.88. The number of hydrogen-bond donors (Lipinski definition) is 0. The van der Waals surface area contributed by atoms with E-state index in [-0.39, 0.29) is 0 Å². The van der Waals surface area contributed by atoms with Crippen LogP contribution in [-0.2, 0) is 0 Å². The van der Waals surface area contributed by atoms with E-state index in [4.69, 9.17) is 0 Å². The van der Waals surface area contributed by atoms with Crippen LogP contribution in [0.5, 0.6) is 0 Å². The second kappa shape index (κ2) is 5.78. The van der Waals surface area contributed by atoms with Gasteiger partial charge in [-0.15, -0.1) is 0 Å². The lowest BCUT2D eigenvalue weighted by Crippen LogP contribution is -2.40. The number of hydrogen-bond acceptors (Lipinski definition) is 0. The Hall–Kier alpha value is 0. The molecule has 0 aromatic heterocycles. The molecule has 112 valence electrons. The summed E-state index contributed by atoms with van der Waals surface area (Å²) in [4.78, 5) is 0. The molecule has 2 saturated carbocycles. The van der Waals surface area contributed by atoms with Gasteiger partial charge in [-0.05, 0) is 47.8 Å². The molecular formula is C19H36. The fourth-order valence-electron chi connectivity index (χ4n) is 5.07. The summed E-state index contributed by atoms with van der Waals surface area (Å²) in [6.45, 7) is 12.8. The molecule has 5 unspecified atom stereocenters. The molecule has 0 nitrogen and oxygen atoms in total. The van der Waals surface area contributed by atoms with Gasteiger partial charge < -0.3 is 0 Å². The highest BCUT2D eigenvalue weighted by Gasteiger charge is 2.43. The van der Waals surface area contributed by atoms with Crippen molar-refractivity contribution in [3.8, 4) is 0 Å². The van der Waals surface area contributed by atoms with Crippen molar-refractivity contribution in [2.24, 2.45) is 28.6 Å². The molecule has 2 aliphatic rings. The Morgan fingerprint density at radius 2 is 1.47 bits per heavy atom. The normalized spacial score (nSPS) is 45.9. The molecule has 0 aliphatic heterocycles. The molecule has 0 amide bonds. The third-order valence-electron chi connectivity index (χ3n) is 7.45. The lowest BCUT2D eigenvalue weighted by atomic mass is 9.56. The van der Waals surface area contributed by atoms with Crippen LogP contribution in [0.1, 0.15) is 92.4 Å². The molecule has 0 N–H and O–H groups in total. The monoisotopic (exact) mass is 264 g/mol. The average Bonchev–Trinajstić information content (AvgIpc) is 2.37. The fourth-order valence-corrected chi connectivity index (χ4v) is 5.07. The molecule has 2 fully saturated rings.